The number of halogens is 2. The van der Waals surface area contributed by atoms with E-state index in [9.17, 15) is 9.18 Å². The molecule has 1 aromatic carbocycles. The fourth-order valence-electron chi connectivity index (χ4n) is 3.17. The fraction of sp³-hybridized carbons (Fsp3) is 0.263. The Labute approximate surface area is 165 Å². The van der Waals surface area contributed by atoms with Crippen LogP contribution in [0.15, 0.2) is 41.8 Å². The van der Waals surface area contributed by atoms with Crippen LogP contribution in [0.25, 0.3) is 10.6 Å². The van der Waals surface area contributed by atoms with Gasteiger partial charge in [0.25, 0.3) is 5.91 Å². The van der Waals surface area contributed by atoms with Gasteiger partial charge in [-0.05, 0) is 29.6 Å². The molecule has 2 aromatic heterocycles. The minimum Gasteiger partial charge on any atom is -0.335 e. The van der Waals surface area contributed by atoms with Gasteiger partial charge >= 0.3 is 0 Å². The molecule has 1 aliphatic heterocycles. The summed E-state index contributed by atoms with van der Waals surface area (Å²) in [4.78, 5) is 17.6. The molecule has 0 bridgehead atoms. The monoisotopic (exact) mass is 404 g/mol. The summed E-state index contributed by atoms with van der Waals surface area (Å²) in [5, 5.41) is 9.52. The molecule has 4 rings (SSSR count). The zero-order valence-corrected chi connectivity index (χ0v) is 16.1. The molecule has 27 heavy (non-hydrogen) atoms. The molecule has 3 heterocycles. The first kappa shape index (κ1) is 18.2. The van der Waals surface area contributed by atoms with Crippen molar-refractivity contribution in [2.75, 3.05) is 26.2 Å². The number of piperazine rings is 1. The lowest BCUT2D eigenvalue weighted by atomic mass is 10.1. The second-order valence-corrected chi connectivity index (χ2v) is 7.77. The number of hydrogen-bond donors (Lipinski definition) is 1. The van der Waals surface area contributed by atoms with E-state index in [-0.39, 0.29) is 11.7 Å². The molecule has 1 amide bonds. The standard InChI is InChI=1S/C19H18ClFN4OS/c20-14-3-1-4-15(21)13(14)12-24-6-8-25(9-7-24)19(26)17-11-16(22-23-17)18-5-2-10-27-18/h1-5,10-11H,6-9,12H2,(H,22,23). The normalized spacial score (nSPS) is 15.3. The summed E-state index contributed by atoms with van der Waals surface area (Å²) in [5.41, 5.74) is 1.78. The second kappa shape index (κ2) is 7.80. The minimum atomic E-state index is -0.293. The number of amides is 1. The lowest BCUT2D eigenvalue weighted by molar-refractivity contribution is 0.0621. The molecule has 1 fully saturated rings. The molecule has 3 aromatic rings. The highest BCUT2D eigenvalue weighted by Gasteiger charge is 2.25. The van der Waals surface area contributed by atoms with E-state index in [0.29, 0.717) is 49.0 Å². The smallest absolute Gasteiger partial charge is 0.274 e. The number of carbonyl (C=O) groups is 1. The molecular formula is C19H18ClFN4OS. The van der Waals surface area contributed by atoms with Crippen LogP contribution in [0.3, 0.4) is 0 Å². The summed E-state index contributed by atoms with van der Waals surface area (Å²) in [7, 11) is 0. The summed E-state index contributed by atoms with van der Waals surface area (Å²) in [6.07, 6.45) is 0. The van der Waals surface area contributed by atoms with Gasteiger partial charge in [-0.3, -0.25) is 14.8 Å². The van der Waals surface area contributed by atoms with Gasteiger partial charge < -0.3 is 4.90 Å². The quantitative estimate of drug-likeness (QED) is 0.717. The van der Waals surface area contributed by atoms with Crippen molar-refractivity contribution in [2.45, 2.75) is 6.54 Å². The maximum absolute atomic E-state index is 14.0. The number of benzene rings is 1. The SMILES string of the molecule is O=C(c1cc(-c2cccs2)[nH]n1)N1CCN(Cc2c(F)cccc2Cl)CC1. The van der Waals surface area contributed by atoms with E-state index in [0.717, 1.165) is 10.6 Å². The Bertz CT molecular complexity index is 915. The summed E-state index contributed by atoms with van der Waals surface area (Å²) in [6, 6.07) is 10.5. The van der Waals surface area contributed by atoms with Crippen LogP contribution in [0.1, 0.15) is 16.1 Å². The molecule has 0 radical (unpaired) electrons. The Morgan fingerprint density at radius 3 is 2.74 bits per heavy atom. The summed E-state index contributed by atoms with van der Waals surface area (Å²) in [6.45, 7) is 2.92. The topological polar surface area (TPSA) is 52.2 Å². The average molecular weight is 405 g/mol. The zero-order chi connectivity index (χ0) is 18.8. The van der Waals surface area contributed by atoms with Crippen molar-refractivity contribution in [3.05, 3.63) is 63.9 Å². The molecular weight excluding hydrogens is 387 g/mol. The van der Waals surface area contributed by atoms with Gasteiger partial charge in [0.05, 0.1) is 10.6 Å². The Kier molecular flexibility index (Phi) is 5.24. The molecule has 8 heteroatoms. The van der Waals surface area contributed by atoms with Gasteiger partial charge in [-0.1, -0.05) is 23.7 Å². The van der Waals surface area contributed by atoms with E-state index in [4.69, 9.17) is 11.6 Å². The number of thiophene rings is 1. The van der Waals surface area contributed by atoms with E-state index in [1.54, 1.807) is 34.4 Å². The maximum atomic E-state index is 14.0. The van der Waals surface area contributed by atoms with Crippen molar-refractivity contribution in [3.8, 4) is 10.6 Å². The highest BCUT2D eigenvalue weighted by molar-refractivity contribution is 7.13. The zero-order valence-electron chi connectivity index (χ0n) is 14.5. The van der Waals surface area contributed by atoms with Gasteiger partial charge in [-0.2, -0.15) is 5.10 Å². The predicted octanol–water partition coefficient (Wildman–Crippen LogP) is 3.89. The van der Waals surface area contributed by atoms with Crippen LogP contribution < -0.4 is 0 Å². The van der Waals surface area contributed by atoms with E-state index in [2.05, 4.69) is 15.1 Å². The van der Waals surface area contributed by atoms with Crippen molar-refractivity contribution >= 4 is 28.8 Å². The Morgan fingerprint density at radius 1 is 1.22 bits per heavy atom. The van der Waals surface area contributed by atoms with Crippen LogP contribution in [0.2, 0.25) is 5.02 Å². The molecule has 140 valence electrons. The van der Waals surface area contributed by atoms with Gasteiger partial charge in [-0.25, -0.2) is 4.39 Å². The molecule has 0 spiro atoms. The molecule has 5 nitrogen and oxygen atoms in total. The van der Waals surface area contributed by atoms with Gasteiger partial charge in [0.2, 0.25) is 0 Å². The van der Waals surface area contributed by atoms with Gasteiger partial charge in [0, 0.05) is 43.3 Å². The van der Waals surface area contributed by atoms with Crippen molar-refractivity contribution in [3.63, 3.8) is 0 Å². The number of aromatic amines is 1. The number of nitrogens with one attached hydrogen (secondary N) is 1. The van der Waals surface area contributed by atoms with Gasteiger partial charge in [-0.15, -0.1) is 11.3 Å². The molecule has 0 atom stereocenters. The van der Waals surface area contributed by atoms with Crippen LogP contribution in [0.5, 0.6) is 0 Å². The molecule has 0 unspecified atom stereocenters. The van der Waals surface area contributed by atoms with Gasteiger partial charge in [0.1, 0.15) is 5.82 Å². The number of rotatable bonds is 4. The first-order chi connectivity index (χ1) is 13.1. The lowest BCUT2D eigenvalue weighted by Crippen LogP contribution is -2.48. The maximum Gasteiger partial charge on any atom is 0.274 e. The summed E-state index contributed by atoms with van der Waals surface area (Å²) in [5.74, 6) is -0.378. The third-order valence-electron chi connectivity index (χ3n) is 4.69. The van der Waals surface area contributed by atoms with Crippen LogP contribution in [0.4, 0.5) is 4.39 Å². The largest absolute Gasteiger partial charge is 0.335 e. The first-order valence-corrected chi connectivity index (χ1v) is 9.91. The van der Waals surface area contributed by atoms with E-state index in [1.807, 2.05) is 17.5 Å². The Hall–Kier alpha value is -2.22. The predicted molar refractivity (Wildman–Crippen MR) is 104 cm³/mol. The molecule has 1 N–H and O–H groups in total. The number of carbonyl (C=O) groups excluding carboxylic acids is 1. The molecule has 1 saturated heterocycles. The second-order valence-electron chi connectivity index (χ2n) is 6.41. The molecule has 0 saturated carbocycles. The molecule has 1 aliphatic rings. The Balaban J connectivity index is 1.37. The van der Waals surface area contributed by atoms with Gasteiger partial charge in [0.15, 0.2) is 5.69 Å². The van der Waals surface area contributed by atoms with E-state index in [1.165, 1.54) is 6.07 Å². The lowest BCUT2D eigenvalue weighted by Gasteiger charge is -2.34. The van der Waals surface area contributed by atoms with Crippen molar-refractivity contribution < 1.29 is 9.18 Å². The summed E-state index contributed by atoms with van der Waals surface area (Å²) < 4.78 is 14.0. The first-order valence-electron chi connectivity index (χ1n) is 8.65. The third-order valence-corrected chi connectivity index (χ3v) is 5.94. The third kappa shape index (κ3) is 3.90. The Morgan fingerprint density at radius 2 is 2.04 bits per heavy atom. The van der Waals surface area contributed by atoms with Crippen LogP contribution in [-0.2, 0) is 6.54 Å². The van der Waals surface area contributed by atoms with E-state index < -0.39 is 0 Å². The number of hydrogen-bond acceptors (Lipinski definition) is 4. The van der Waals surface area contributed by atoms with Crippen molar-refractivity contribution in [1.82, 2.24) is 20.0 Å². The highest BCUT2D eigenvalue weighted by Crippen LogP contribution is 2.24. The van der Waals surface area contributed by atoms with Crippen LogP contribution in [0, 0.1) is 5.82 Å². The number of aromatic nitrogens is 2. The van der Waals surface area contributed by atoms with E-state index >= 15 is 0 Å². The molecule has 0 aliphatic carbocycles. The van der Waals surface area contributed by atoms with Crippen molar-refractivity contribution in [2.24, 2.45) is 0 Å². The van der Waals surface area contributed by atoms with Crippen LogP contribution in [-0.4, -0.2) is 52.1 Å². The summed E-state index contributed by atoms with van der Waals surface area (Å²) >= 11 is 7.71. The highest BCUT2D eigenvalue weighted by atomic mass is 35.5. The van der Waals surface area contributed by atoms with Crippen LogP contribution >= 0.6 is 22.9 Å². The number of nitrogens with zero attached hydrogens (tertiary/aromatic N) is 3. The average Bonchev–Trinajstić information content (AvgIpc) is 3.36. The minimum absolute atomic E-state index is 0.0855. The fourth-order valence-corrected chi connectivity index (χ4v) is 4.08. The van der Waals surface area contributed by atoms with Crippen molar-refractivity contribution in [1.29, 1.82) is 0 Å². The number of H-pyrrole nitrogens is 1.